The highest BCUT2D eigenvalue weighted by Gasteiger charge is 2.24. The van der Waals surface area contributed by atoms with Gasteiger partial charge in [-0.25, -0.2) is 4.39 Å². The van der Waals surface area contributed by atoms with Crippen LogP contribution in [0.2, 0.25) is 0 Å². The standard InChI is InChI=1S/C9H5BrFNO4/c10-3-8(14)9-5(4-13)7(12(15)16)2-1-6(9)11/h1-2,4H,3H2. The third-order valence-corrected chi connectivity index (χ3v) is 2.40. The number of hydrogen-bond donors (Lipinski definition) is 0. The third kappa shape index (κ3) is 2.13. The van der Waals surface area contributed by atoms with E-state index in [1.165, 1.54) is 0 Å². The van der Waals surface area contributed by atoms with E-state index in [0.29, 0.717) is 0 Å². The summed E-state index contributed by atoms with van der Waals surface area (Å²) in [4.78, 5) is 31.7. The van der Waals surface area contributed by atoms with Gasteiger partial charge in [-0.1, -0.05) is 15.9 Å². The maximum absolute atomic E-state index is 13.3. The highest BCUT2D eigenvalue weighted by molar-refractivity contribution is 9.09. The summed E-state index contributed by atoms with van der Waals surface area (Å²) in [7, 11) is 0. The van der Waals surface area contributed by atoms with Gasteiger partial charge in [-0.3, -0.25) is 19.7 Å². The highest BCUT2D eigenvalue weighted by atomic mass is 79.9. The molecular formula is C9H5BrFNO4. The molecule has 0 bridgehead atoms. The van der Waals surface area contributed by atoms with Crippen LogP contribution in [-0.4, -0.2) is 22.3 Å². The van der Waals surface area contributed by atoms with Gasteiger partial charge in [-0.15, -0.1) is 0 Å². The summed E-state index contributed by atoms with van der Waals surface area (Å²) in [6, 6.07) is 1.64. The summed E-state index contributed by atoms with van der Waals surface area (Å²) in [5.74, 6) is -1.67. The lowest BCUT2D eigenvalue weighted by Gasteiger charge is -2.03. The number of rotatable bonds is 4. The monoisotopic (exact) mass is 289 g/mol. The fraction of sp³-hybridized carbons (Fsp3) is 0.111. The Kier molecular flexibility index (Phi) is 3.83. The fourth-order valence-electron chi connectivity index (χ4n) is 1.21. The van der Waals surface area contributed by atoms with Gasteiger partial charge in [-0.05, 0) is 6.07 Å². The van der Waals surface area contributed by atoms with E-state index in [1.54, 1.807) is 0 Å². The second-order valence-corrected chi connectivity index (χ2v) is 3.35. The minimum atomic E-state index is -0.947. The fourth-order valence-corrected chi connectivity index (χ4v) is 1.49. The molecule has 1 aromatic rings. The summed E-state index contributed by atoms with van der Waals surface area (Å²) in [6.45, 7) is 0. The van der Waals surface area contributed by atoms with E-state index in [1.807, 2.05) is 0 Å². The molecule has 0 aliphatic heterocycles. The van der Waals surface area contributed by atoms with E-state index in [2.05, 4.69) is 15.9 Å². The Morgan fingerprint density at radius 3 is 2.62 bits per heavy atom. The summed E-state index contributed by atoms with van der Waals surface area (Å²) >= 11 is 2.81. The van der Waals surface area contributed by atoms with Crippen LogP contribution >= 0.6 is 15.9 Å². The van der Waals surface area contributed by atoms with Gasteiger partial charge >= 0.3 is 0 Å². The minimum Gasteiger partial charge on any atom is -0.298 e. The molecule has 0 saturated heterocycles. The largest absolute Gasteiger partial charge is 0.298 e. The van der Waals surface area contributed by atoms with E-state index >= 15 is 0 Å². The molecule has 0 atom stereocenters. The Morgan fingerprint density at radius 1 is 1.56 bits per heavy atom. The Labute approximate surface area is 97.5 Å². The topological polar surface area (TPSA) is 77.3 Å². The average Bonchev–Trinajstić information content (AvgIpc) is 2.26. The third-order valence-electron chi connectivity index (χ3n) is 1.89. The molecule has 0 aliphatic rings. The van der Waals surface area contributed by atoms with Gasteiger partial charge in [0.1, 0.15) is 11.4 Å². The lowest BCUT2D eigenvalue weighted by Crippen LogP contribution is -2.10. The van der Waals surface area contributed by atoms with Crippen molar-refractivity contribution >= 4 is 33.7 Å². The van der Waals surface area contributed by atoms with Crippen LogP contribution in [0.5, 0.6) is 0 Å². The Morgan fingerprint density at radius 2 is 2.19 bits per heavy atom. The molecule has 0 unspecified atom stereocenters. The Balaban J connectivity index is 3.56. The minimum absolute atomic E-state index is 0.108. The molecule has 84 valence electrons. The van der Waals surface area contributed by atoms with Gasteiger partial charge in [-0.2, -0.15) is 0 Å². The summed E-state index contributed by atoms with van der Waals surface area (Å²) < 4.78 is 13.3. The number of benzene rings is 1. The molecule has 0 saturated carbocycles. The Bertz CT molecular complexity index is 475. The van der Waals surface area contributed by atoms with Crippen LogP contribution in [-0.2, 0) is 0 Å². The number of carbonyl (C=O) groups is 2. The van der Waals surface area contributed by atoms with E-state index in [9.17, 15) is 24.1 Å². The highest BCUT2D eigenvalue weighted by Crippen LogP contribution is 2.24. The second kappa shape index (κ2) is 4.93. The first-order valence-corrected chi connectivity index (χ1v) is 5.16. The number of nitrogens with zero attached hydrogens (tertiary/aromatic N) is 1. The summed E-state index contributed by atoms with van der Waals surface area (Å²) in [6.07, 6.45) is 0.108. The van der Waals surface area contributed by atoms with Crippen molar-refractivity contribution in [2.75, 3.05) is 5.33 Å². The number of alkyl halides is 1. The van der Waals surface area contributed by atoms with Crippen LogP contribution in [0.3, 0.4) is 0 Å². The lowest BCUT2D eigenvalue weighted by atomic mass is 10.0. The van der Waals surface area contributed by atoms with Crippen LogP contribution in [0.15, 0.2) is 12.1 Å². The van der Waals surface area contributed by atoms with Crippen LogP contribution in [0.1, 0.15) is 20.7 Å². The van der Waals surface area contributed by atoms with Crippen molar-refractivity contribution < 1.29 is 18.9 Å². The van der Waals surface area contributed by atoms with Crippen LogP contribution in [0.25, 0.3) is 0 Å². The van der Waals surface area contributed by atoms with Crippen molar-refractivity contribution in [2.45, 2.75) is 0 Å². The van der Waals surface area contributed by atoms with Gasteiger partial charge < -0.3 is 0 Å². The van der Waals surface area contributed by atoms with E-state index in [4.69, 9.17) is 0 Å². The molecule has 7 heteroatoms. The molecule has 16 heavy (non-hydrogen) atoms. The molecule has 0 spiro atoms. The maximum Gasteiger partial charge on any atom is 0.280 e. The normalized spacial score (nSPS) is 9.88. The van der Waals surface area contributed by atoms with E-state index < -0.39 is 33.3 Å². The summed E-state index contributed by atoms with van der Waals surface area (Å²) in [5.41, 5.74) is -1.67. The van der Waals surface area contributed by atoms with Crippen LogP contribution in [0.4, 0.5) is 10.1 Å². The number of carbonyl (C=O) groups excluding carboxylic acids is 2. The number of nitro groups is 1. The quantitative estimate of drug-likeness (QED) is 0.280. The van der Waals surface area contributed by atoms with Crippen LogP contribution < -0.4 is 0 Å². The van der Waals surface area contributed by atoms with Gasteiger partial charge in [0.05, 0.1) is 15.8 Å². The second-order valence-electron chi connectivity index (χ2n) is 2.79. The van der Waals surface area contributed by atoms with Crippen molar-refractivity contribution in [1.82, 2.24) is 0 Å². The van der Waals surface area contributed by atoms with Crippen LogP contribution in [0, 0.1) is 15.9 Å². The van der Waals surface area contributed by atoms with Gasteiger partial charge in [0.2, 0.25) is 0 Å². The Hall–Kier alpha value is -1.63. The zero-order chi connectivity index (χ0) is 12.3. The first-order valence-electron chi connectivity index (χ1n) is 4.04. The van der Waals surface area contributed by atoms with E-state index in [-0.39, 0.29) is 11.6 Å². The average molecular weight is 290 g/mol. The smallest absolute Gasteiger partial charge is 0.280 e. The SMILES string of the molecule is O=Cc1c([N+](=O)[O-])ccc(F)c1C(=O)CBr. The molecule has 1 aromatic carbocycles. The predicted octanol–water partition coefficient (Wildman–Crippen LogP) is 2.12. The predicted molar refractivity (Wildman–Crippen MR) is 56.6 cm³/mol. The van der Waals surface area contributed by atoms with Crippen molar-refractivity contribution in [3.05, 3.63) is 39.2 Å². The van der Waals surface area contributed by atoms with Gasteiger partial charge in [0.15, 0.2) is 12.1 Å². The molecule has 0 aliphatic carbocycles. The number of hydrogen-bond acceptors (Lipinski definition) is 4. The lowest BCUT2D eigenvalue weighted by molar-refractivity contribution is -0.385. The first kappa shape index (κ1) is 12.4. The molecule has 5 nitrogen and oxygen atoms in total. The number of Topliss-reactive ketones (excluding diaryl/α,β-unsaturated/α-hetero) is 1. The zero-order valence-electron chi connectivity index (χ0n) is 7.78. The maximum atomic E-state index is 13.3. The number of aldehydes is 1. The number of nitro benzene ring substituents is 1. The molecule has 0 heterocycles. The number of halogens is 2. The molecule has 0 amide bonds. The van der Waals surface area contributed by atoms with Gasteiger partial charge in [0, 0.05) is 6.07 Å². The van der Waals surface area contributed by atoms with Crippen molar-refractivity contribution in [3.63, 3.8) is 0 Å². The molecule has 0 fully saturated rings. The first-order chi connectivity index (χ1) is 7.52. The van der Waals surface area contributed by atoms with Crippen molar-refractivity contribution in [2.24, 2.45) is 0 Å². The number of ketones is 1. The molecule has 1 rings (SSSR count). The van der Waals surface area contributed by atoms with Crippen molar-refractivity contribution in [3.8, 4) is 0 Å². The molecule has 0 N–H and O–H groups in total. The molecule has 0 aromatic heterocycles. The van der Waals surface area contributed by atoms with E-state index in [0.717, 1.165) is 12.1 Å². The molecule has 0 radical (unpaired) electrons. The van der Waals surface area contributed by atoms with Crippen molar-refractivity contribution in [1.29, 1.82) is 0 Å². The molecular weight excluding hydrogens is 285 g/mol. The van der Waals surface area contributed by atoms with Gasteiger partial charge in [0.25, 0.3) is 5.69 Å². The summed E-state index contributed by atoms with van der Waals surface area (Å²) in [5, 5.41) is 10.3. The zero-order valence-corrected chi connectivity index (χ0v) is 9.36.